The summed E-state index contributed by atoms with van der Waals surface area (Å²) in [6.07, 6.45) is 6.76. The van der Waals surface area contributed by atoms with Crippen LogP contribution in [0.1, 0.15) is 52.9 Å². The zero-order valence-corrected chi connectivity index (χ0v) is 12.8. The molecule has 0 amide bonds. The molecule has 0 saturated heterocycles. The highest BCUT2D eigenvalue weighted by Crippen LogP contribution is 2.36. The maximum atomic E-state index is 9.05. The highest BCUT2D eigenvalue weighted by Gasteiger charge is 2.33. The van der Waals surface area contributed by atoms with Crippen molar-refractivity contribution in [2.45, 2.75) is 58.4 Å². The van der Waals surface area contributed by atoms with Gasteiger partial charge in [0.25, 0.3) is 0 Å². The molecular formula is C15H32N2O. The van der Waals surface area contributed by atoms with Gasteiger partial charge in [-0.3, -0.25) is 0 Å². The largest absolute Gasteiger partial charge is 0.395 e. The molecule has 18 heavy (non-hydrogen) atoms. The molecule has 0 aliphatic heterocycles. The van der Waals surface area contributed by atoms with Crippen molar-refractivity contribution in [1.29, 1.82) is 0 Å². The minimum Gasteiger partial charge on any atom is -0.395 e. The lowest BCUT2D eigenvalue weighted by molar-refractivity contribution is 0.0978. The summed E-state index contributed by atoms with van der Waals surface area (Å²) < 4.78 is 0. The maximum absolute atomic E-state index is 9.05. The van der Waals surface area contributed by atoms with Gasteiger partial charge in [0.1, 0.15) is 0 Å². The molecule has 3 heteroatoms. The van der Waals surface area contributed by atoms with Gasteiger partial charge in [-0.15, -0.1) is 0 Å². The first-order valence-electron chi connectivity index (χ1n) is 7.41. The molecule has 2 N–H and O–H groups in total. The highest BCUT2D eigenvalue weighted by molar-refractivity contribution is 4.89. The smallest absolute Gasteiger partial charge is 0.0558 e. The fraction of sp³-hybridized carbons (Fsp3) is 1.00. The molecule has 0 radical (unpaired) electrons. The third kappa shape index (κ3) is 5.68. The minimum absolute atomic E-state index is 0.194. The normalized spacial score (nSPS) is 20.3. The van der Waals surface area contributed by atoms with Crippen LogP contribution in [0.2, 0.25) is 0 Å². The van der Waals surface area contributed by atoms with E-state index in [1.165, 1.54) is 32.1 Å². The summed E-state index contributed by atoms with van der Waals surface area (Å²) in [4.78, 5) is 2.29. The molecule has 0 unspecified atom stereocenters. The molecular weight excluding hydrogens is 224 g/mol. The summed E-state index contributed by atoms with van der Waals surface area (Å²) in [5.74, 6) is 0. The van der Waals surface area contributed by atoms with Crippen molar-refractivity contribution in [3.63, 3.8) is 0 Å². The van der Waals surface area contributed by atoms with Crippen molar-refractivity contribution in [2.24, 2.45) is 5.41 Å². The summed E-state index contributed by atoms with van der Waals surface area (Å²) in [6, 6.07) is 0. The molecule has 1 saturated carbocycles. The lowest BCUT2D eigenvalue weighted by atomic mass is 9.73. The summed E-state index contributed by atoms with van der Waals surface area (Å²) in [7, 11) is 2.13. The van der Waals surface area contributed by atoms with Gasteiger partial charge in [0, 0.05) is 25.2 Å². The number of aliphatic hydroxyl groups excluding tert-OH is 1. The maximum Gasteiger partial charge on any atom is 0.0558 e. The van der Waals surface area contributed by atoms with Crippen LogP contribution in [-0.4, -0.2) is 48.8 Å². The van der Waals surface area contributed by atoms with Crippen LogP contribution < -0.4 is 5.32 Å². The molecule has 108 valence electrons. The van der Waals surface area contributed by atoms with Gasteiger partial charge in [0.05, 0.1) is 6.61 Å². The van der Waals surface area contributed by atoms with Crippen molar-refractivity contribution >= 4 is 0 Å². The lowest BCUT2D eigenvalue weighted by Gasteiger charge is -2.42. The van der Waals surface area contributed by atoms with E-state index in [-0.39, 0.29) is 12.1 Å². The molecule has 1 aliphatic rings. The van der Waals surface area contributed by atoms with E-state index < -0.39 is 0 Å². The molecule has 0 spiro atoms. The number of aliphatic hydroxyl groups is 1. The Bertz CT molecular complexity index is 229. The molecule has 1 fully saturated rings. The number of rotatable bonds is 6. The topological polar surface area (TPSA) is 35.5 Å². The lowest BCUT2D eigenvalue weighted by Crippen LogP contribution is -2.49. The summed E-state index contributed by atoms with van der Waals surface area (Å²) in [5.41, 5.74) is 0.607. The average molecular weight is 256 g/mol. The quantitative estimate of drug-likeness (QED) is 0.765. The Hall–Kier alpha value is -0.120. The van der Waals surface area contributed by atoms with E-state index >= 15 is 0 Å². The van der Waals surface area contributed by atoms with Gasteiger partial charge >= 0.3 is 0 Å². The summed E-state index contributed by atoms with van der Waals surface area (Å²) >= 11 is 0. The first kappa shape index (κ1) is 15.9. The van der Waals surface area contributed by atoms with Gasteiger partial charge in [0.2, 0.25) is 0 Å². The van der Waals surface area contributed by atoms with Gasteiger partial charge in [-0.2, -0.15) is 0 Å². The Kier molecular flexibility index (Phi) is 6.09. The fourth-order valence-corrected chi connectivity index (χ4v) is 2.97. The van der Waals surface area contributed by atoms with Crippen LogP contribution in [0.25, 0.3) is 0 Å². The first-order chi connectivity index (χ1) is 8.37. The molecule has 0 atom stereocenters. The molecule has 0 aromatic rings. The molecule has 0 bridgehead atoms. The number of likely N-dealkylation sites (N-methyl/N-ethyl adjacent to an activating group) is 1. The molecule has 1 aliphatic carbocycles. The van der Waals surface area contributed by atoms with Gasteiger partial charge in [0.15, 0.2) is 0 Å². The molecule has 0 aromatic heterocycles. The van der Waals surface area contributed by atoms with Crippen molar-refractivity contribution < 1.29 is 5.11 Å². The minimum atomic E-state index is 0.194. The predicted octanol–water partition coefficient (Wildman–Crippen LogP) is 2.25. The summed E-state index contributed by atoms with van der Waals surface area (Å²) in [6.45, 7) is 9.97. The standard InChI is InChI=1S/C15H32N2O/c1-14(2,3)16-12-15(8-6-5-7-9-15)13-17(4)10-11-18/h16,18H,5-13H2,1-4H3. The second-order valence-electron chi connectivity index (χ2n) is 7.13. The highest BCUT2D eigenvalue weighted by atomic mass is 16.3. The monoisotopic (exact) mass is 256 g/mol. The zero-order valence-electron chi connectivity index (χ0n) is 12.8. The molecule has 0 heterocycles. The van der Waals surface area contributed by atoms with E-state index in [1.54, 1.807) is 0 Å². The number of hydrogen-bond donors (Lipinski definition) is 2. The third-order valence-corrected chi connectivity index (χ3v) is 3.99. The van der Waals surface area contributed by atoms with Crippen molar-refractivity contribution in [3.05, 3.63) is 0 Å². The van der Waals surface area contributed by atoms with E-state index in [2.05, 4.69) is 38.0 Å². The van der Waals surface area contributed by atoms with Crippen molar-refractivity contribution in [1.82, 2.24) is 10.2 Å². The molecule has 1 rings (SSSR count). The van der Waals surface area contributed by atoms with Crippen LogP contribution in [-0.2, 0) is 0 Å². The fourth-order valence-electron chi connectivity index (χ4n) is 2.97. The Balaban J connectivity index is 2.57. The third-order valence-electron chi connectivity index (χ3n) is 3.99. The van der Waals surface area contributed by atoms with E-state index in [0.29, 0.717) is 5.41 Å². The van der Waals surface area contributed by atoms with Gasteiger partial charge in [-0.1, -0.05) is 19.3 Å². The van der Waals surface area contributed by atoms with Gasteiger partial charge in [-0.25, -0.2) is 0 Å². The summed E-state index contributed by atoms with van der Waals surface area (Å²) in [5, 5.41) is 12.7. The Morgan fingerprint density at radius 2 is 1.78 bits per heavy atom. The van der Waals surface area contributed by atoms with E-state index in [0.717, 1.165) is 19.6 Å². The van der Waals surface area contributed by atoms with Crippen LogP contribution in [0.15, 0.2) is 0 Å². The van der Waals surface area contributed by atoms with Crippen LogP contribution in [0.5, 0.6) is 0 Å². The van der Waals surface area contributed by atoms with Crippen LogP contribution >= 0.6 is 0 Å². The SMILES string of the molecule is CN(CCO)CC1(CNC(C)(C)C)CCCCC1. The molecule has 0 aromatic carbocycles. The van der Waals surface area contributed by atoms with Crippen molar-refractivity contribution in [2.75, 3.05) is 33.3 Å². The zero-order chi connectivity index (χ0) is 13.6. The first-order valence-corrected chi connectivity index (χ1v) is 7.41. The predicted molar refractivity (Wildman–Crippen MR) is 77.9 cm³/mol. The number of nitrogens with one attached hydrogen (secondary N) is 1. The van der Waals surface area contributed by atoms with Crippen LogP contribution in [0.3, 0.4) is 0 Å². The van der Waals surface area contributed by atoms with E-state index in [9.17, 15) is 0 Å². The Morgan fingerprint density at radius 1 is 1.17 bits per heavy atom. The second-order valence-corrected chi connectivity index (χ2v) is 7.13. The van der Waals surface area contributed by atoms with E-state index in [4.69, 9.17) is 5.11 Å². The Labute approximate surface area is 113 Å². The average Bonchev–Trinajstić information content (AvgIpc) is 2.27. The molecule has 3 nitrogen and oxygen atoms in total. The van der Waals surface area contributed by atoms with Gasteiger partial charge < -0.3 is 15.3 Å². The Morgan fingerprint density at radius 3 is 2.28 bits per heavy atom. The van der Waals surface area contributed by atoms with Crippen LogP contribution in [0.4, 0.5) is 0 Å². The van der Waals surface area contributed by atoms with E-state index in [1.807, 2.05) is 0 Å². The van der Waals surface area contributed by atoms with Crippen LogP contribution in [0, 0.1) is 5.41 Å². The van der Waals surface area contributed by atoms with Crippen molar-refractivity contribution in [3.8, 4) is 0 Å². The second kappa shape index (κ2) is 6.88. The van der Waals surface area contributed by atoms with Gasteiger partial charge in [-0.05, 0) is 46.1 Å². The number of hydrogen-bond acceptors (Lipinski definition) is 3. The number of nitrogens with zero attached hydrogens (tertiary/aromatic N) is 1.